The highest BCUT2D eigenvalue weighted by Crippen LogP contribution is 2.15. The number of hydrogen-bond acceptors (Lipinski definition) is 2. The van der Waals surface area contributed by atoms with Crippen LogP contribution in [0.15, 0.2) is 24.3 Å². The minimum atomic E-state index is 0.0243. The van der Waals surface area contributed by atoms with Gasteiger partial charge >= 0.3 is 0 Å². The molecular weight excluding hydrogens is 232 g/mol. The molecule has 0 aliphatic carbocycles. The summed E-state index contributed by atoms with van der Waals surface area (Å²) in [6, 6.07) is 7.73. The number of ether oxygens (including phenoxy) is 1. The van der Waals surface area contributed by atoms with Crippen LogP contribution in [0.4, 0.5) is 0 Å². The molecule has 1 N–H and O–H groups in total. The number of halogens is 1. The Balaban J connectivity index is 2.59. The van der Waals surface area contributed by atoms with Gasteiger partial charge in [-0.1, -0.05) is 12.1 Å². The lowest BCUT2D eigenvalue weighted by atomic mass is 10.1. The summed E-state index contributed by atoms with van der Waals surface area (Å²) in [6.07, 6.45) is 0.699. The maximum atomic E-state index is 8.70. The molecule has 2 nitrogen and oxygen atoms in total. The van der Waals surface area contributed by atoms with E-state index in [0.29, 0.717) is 6.42 Å². The monoisotopic (exact) mass is 244 g/mol. The second-order valence-corrected chi connectivity index (χ2v) is 4.07. The molecule has 0 fully saturated rings. The predicted molar refractivity (Wildman–Crippen MR) is 56.2 cm³/mol. The molecule has 0 bridgehead atoms. The molecule has 3 heteroatoms. The van der Waals surface area contributed by atoms with Crippen LogP contribution in [-0.4, -0.2) is 16.7 Å². The van der Waals surface area contributed by atoms with Gasteiger partial charge in [-0.05, 0) is 47.0 Å². The van der Waals surface area contributed by atoms with E-state index < -0.39 is 0 Å². The van der Waals surface area contributed by atoms with E-state index in [2.05, 4.69) is 15.9 Å². The molecule has 0 aliphatic heterocycles. The fourth-order valence-electron chi connectivity index (χ4n) is 1.05. The van der Waals surface area contributed by atoms with Gasteiger partial charge in [0.1, 0.15) is 5.75 Å². The average Bonchev–Trinajstić information content (AvgIpc) is 2.08. The summed E-state index contributed by atoms with van der Waals surface area (Å²) in [7, 11) is 0. The minimum absolute atomic E-state index is 0.0243. The number of alkyl halides is 1. The molecule has 1 rings (SSSR count). The highest BCUT2D eigenvalue weighted by atomic mass is 79.9. The summed E-state index contributed by atoms with van der Waals surface area (Å²) in [5.74, 6) is 0.839. The molecule has 1 unspecified atom stereocenters. The summed E-state index contributed by atoms with van der Waals surface area (Å²) in [5.41, 5.74) is 1.12. The van der Waals surface area contributed by atoms with Crippen LogP contribution >= 0.6 is 15.9 Å². The quantitative estimate of drug-likeness (QED) is 0.825. The van der Waals surface area contributed by atoms with Crippen LogP contribution in [0.3, 0.4) is 0 Å². The smallest absolute Gasteiger partial charge is 0.150 e. The van der Waals surface area contributed by atoms with E-state index in [1.807, 2.05) is 31.2 Å². The lowest BCUT2D eigenvalue weighted by molar-refractivity contribution is 0.299. The number of benzene rings is 1. The normalized spacial score (nSPS) is 12.5. The maximum absolute atomic E-state index is 8.70. The van der Waals surface area contributed by atoms with Gasteiger partial charge in [0.25, 0.3) is 0 Å². The van der Waals surface area contributed by atoms with Crippen molar-refractivity contribution in [3.8, 4) is 5.75 Å². The third-order valence-electron chi connectivity index (χ3n) is 1.62. The van der Waals surface area contributed by atoms with Gasteiger partial charge in [0.2, 0.25) is 0 Å². The summed E-state index contributed by atoms with van der Waals surface area (Å²) in [6.45, 7) is 2.11. The third-order valence-corrected chi connectivity index (χ3v) is 1.81. The maximum Gasteiger partial charge on any atom is 0.150 e. The lowest BCUT2D eigenvalue weighted by Gasteiger charge is -2.08. The van der Waals surface area contributed by atoms with E-state index in [0.717, 1.165) is 11.3 Å². The largest absolute Gasteiger partial charge is 0.480 e. The zero-order valence-electron chi connectivity index (χ0n) is 7.53. The molecule has 0 saturated carbocycles. The molecule has 0 aliphatic rings. The molecule has 0 amide bonds. The van der Waals surface area contributed by atoms with Crippen LogP contribution in [0.5, 0.6) is 5.75 Å². The molecule has 72 valence electrons. The van der Waals surface area contributed by atoms with Crippen LogP contribution in [0.2, 0.25) is 0 Å². The molecule has 0 aromatic heterocycles. The summed E-state index contributed by atoms with van der Waals surface area (Å²) in [4.78, 5) is 0. The van der Waals surface area contributed by atoms with Crippen molar-refractivity contribution in [2.45, 2.75) is 18.4 Å². The van der Waals surface area contributed by atoms with E-state index in [4.69, 9.17) is 9.84 Å². The zero-order chi connectivity index (χ0) is 9.68. The molecule has 0 heterocycles. The van der Waals surface area contributed by atoms with Crippen molar-refractivity contribution >= 4 is 15.9 Å². The topological polar surface area (TPSA) is 29.5 Å². The Labute approximate surface area is 86.7 Å². The number of aliphatic hydroxyl groups is 1. The molecular formula is C10H13BrO2. The Bertz CT molecular complexity index is 244. The Morgan fingerprint density at radius 3 is 2.46 bits per heavy atom. The standard InChI is InChI=1S/C10H13BrO2/c1-8(11)13-10-4-2-9(3-5-10)6-7-12/h2-5,8,12H,6-7H2,1H3. The Kier molecular flexibility index (Phi) is 4.25. The number of rotatable bonds is 4. The van der Waals surface area contributed by atoms with Gasteiger partial charge in [-0.25, -0.2) is 0 Å². The average molecular weight is 245 g/mol. The second-order valence-electron chi connectivity index (χ2n) is 2.78. The van der Waals surface area contributed by atoms with Gasteiger partial charge in [0, 0.05) is 6.61 Å². The molecule has 0 spiro atoms. The van der Waals surface area contributed by atoms with Gasteiger partial charge in [0.05, 0.1) is 0 Å². The van der Waals surface area contributed by atoms with Crippen molar-refractivity contribution in [1.82, 2.24) is 0 Å². The van der Waals surface area contributed by atoms with E-state index in [1.54, 1.807) is 0 Å². The molecule has 0 radical (unpaired) electrons. The van der Waals surface area contributed by atoms with Crippen molar-refractivity contribution in [1.29, 1.82) is 0 Å². The molecule has 0 saturated heterocycles. The van der Waals surface area contributed by atoms with Crippen LogP contribution in [0.25, 0.3) is 0 Å². The van der Waals surface area contributed by atoms with Crippen molar-refractivity contribution < 1.29 is 9.84 Å². The third kappa shape index (κ3) is 3.79. The van der Waals surface area contributed by atoms with Crippen molar-refractivity contribution in [3.05, 3.63) is 29.8 Å². The fourth-order valence-corrected chi connectivity index (χ4v) is 1.27. The van der Waals surface area contributed by atoms with Gasteiger partial charge in [-0.15, -0.1) is 0 Å². The van der Waals surface area contributed by atoms with Crippen molar-refractivity contribution in [2.24, 2.45) is 0 Å². The highest BCUT2D eigenvalue weighted by molar-refractivity contribution is 9.09. The number of aliphatic hydroxyl groups excluding tert-OH is 1. The summed E-state index contributed by atoms with van der Waals surface area (Å²) < 4.78 is 5.40. The lowest BCUT2D eigenvalue weighted by Crippen LogP contribution is -2.01. The van der Waals surface area contributed by atoms with Crippen LogP contribution < -0.4 is 4.74 Å². The van der Waals surface area contributed by atoms with Crippen molar-refractivity contribution in [3.63, 3.8) is 0 Å². The first-order valence-corrected chi connectivity index (χ1v) is 5.14. The van der Waals surface area contributed by atoms with Gasteiger partial charge < -0.3 is 9.84 Å². The Hall–Kier alpha value is -0.540. The van der Waals surface area contributed by atoms with Crippen LogP contribution in [-0.2, 0) is 6.42 Å². The highest BCUT2D eigenvalue weighted by Gasteiger charge is 1.98. The molecule has 1 aromatic carbocycles. The van der Waals surface area contributed by atoms with Gasteiger partial charge in [-0.3, -0.25) is 0 Å². The van der Waals surface area contributed by atoms with E-state index in [-0.39, 0.29) is 11.6 Å². The minimum Gasteiger partial charge on any atom is -0.480 e. The fraction of sp³-hybridized carbons (Fsp3) is 0.400. The van der Waals surface area contributed by atoms with Gasteiger partial charge in [-0.2, -0.15) is 0 Å². The first-order valence-electron chi connectivity index (χ1n) is 4.23. The van der Waals surface area contributed by atoms with Crippen LogP contribution in [0, 0.1) is 0 Å². The molecule has 13 heavy (non-hydrogen) atoms. The van der Waals surface area contributed by atoms with E-state index >= 15 is 0 Å². The Morgan fingerprint density at radius 1 is 1.38 bits per heavy atom. The zero-order valence-corrected chi connectivity index (χ0v) is 9.12. The van der Waals surface area contributed by atoms with Crippen molar-refractivity contribution in [2.75, 3.05) is 6.61 Å². The first kappa shape index (κ1) is 10.5. The van der Waals surface area contributed by atoms with Gasteiger partial charge in [0.15, 0.2) is 5.01 Å². The first-order chi connectivity index (χ1) is 6.22. The Morgan fingerprint density at radius 2 is 2.00 bits per heavy atom. The summed E-state index contributed by atoms with van der Waals surface area (Å²) >= 11 is 3.30. The number of hydrogen-bond donors (Lipinski definition) is 1. The van der Waals surface area contributed by atoms with Crippen LogP contribution in [0.1, 0.15) is 12.5 Å². The predicted octanol–water partition coefficient (Wildman–Crippen LogP) is 2.34. The SMILES string of the molecule is CC(Br)Oc1ccc(CCO)cc1. The van der Waals surface area contributed by atoms with E-state index in [9.17, 15) is 0 Å². The molecule has 1 atom stereocenters. The molecule has 1 aromatic rings. The van der Waals surface area contributed by atoms with E-state index in [1.165, 1.54) is 0 Å². The summed E-state index contributed by atoms with van der Waals surface area (Å²) in [5, 5.41) is 8.72. The second kappa shape index (κ2) is 5.25.